The summed E-state index contributed by atoms with van der Waals surface area (Å²) in [5.74, 6) is 1.36. The maximum Gasteiger partial charge on any atom is 0.254 e. The quantitative estimate of drug-likeness (QED) is 0.637. The van der Waals surface area contributed by atoms with Gasteiger partial charge in [-0.15, -0.1) is 11.3 Å². The third-order valence-corrected chi connectivity index (χ3v) is 6.42. The van der Waals surface area contributed by atoms with E-state index in [0.29, 0.717) is 42.6 Å². The van der Waals surface area contributed by atoms with Crippen LogP contribution in [0.15, 0.2) is 46.3 Å². The van der Waals surface area contributed by atoms with E-state index in [1.807, 2.05) is 34.5 Å². The summed E-state index contributed by atoms with van der Waals surface area (Å²) in [4.78, 5) is 34.4. The molecular formula is C22H23N5O3S. The molecule has 9 heteroatoms. The molecule has 0 unspecified atom stereocenters. The molecule has 3 heterocycles. The number of benzene rings is 1. The van der Waals surface area contributed by atoms with Gasteiger partial charge in [-0.3, -0.25) is 14.5 Å². The minimum absolute atomic E-state index is 0.0139. The summed E-state index contributed by atoms with van der Waals surface area (Å²) in [7, 11) is 0. The molecule has 8 nitrogen and oxygen atoms in total. The molecule has 2 amide bonds. The van der Waals surface area contributed by atoms with Crippen molar-refractivity contribution in [3.05, 3.63) is 53.2 Å². The van der Waals surface area contributed by atoms with E-state index in [1.165, 1.54) is 0 Å². The highest BCUT2D eigenvalue weighted by molar-refractivity contribution is 7.13. The fourth-order valence-electron chi connectivity index (χ4n) is 3.63. The van der Waals surface area contributed by atoms with Gasteiger partial charge < -0.3 is 14.7 Å². The number of piperazine rings is 1. The molecule has 0 bridgehead atoms. The van der Waals surface area contributed by atoms with Crippen LogP contribution in [0.2, 0.25) is 0 Å². The standard InChI is InChI=1S/C22H23N5O3S/c28-21(15-6-7-15)23-17-4-1-3-16(13-17)22(29)27-10-8-26(9-11-27)14-19-24-20(25-30-19)18-5-2-12-31-18/h1-5,12-13,15H,6-11,14H2,(H,23,28). The molecule has 5 rings (SSSR count). The Labute approximate surface area is 183 Å². The zero-order chi connectivity index (χ0) is 21.2. The van der Waals surface area contributed by atoms with Gasteiger partial charge in [-0.2, -0.15) is 4.98 Å². The first kappa shape index (κ1) is 19.9. The molecule has 1 aromatic carbocycles. The van der Waals surface area contributed by atoms with E-state index in [2.05, 4.69) is 20.4 Å². The van der Waals surface area contributed by atoms with E-state index >= 15 is 0 Å². The molecule has 1 saturated heterocycles. The van der Waals surface area contributed by atoms with Gasteiger partial charge in [-0.25, -0.2) is 0 Å². The largest absolute Gasteiger partial charge is 0.338 e. The van der Waals surface area contributed by atoms with Crippen molar-refractivity contribution in [1.29, 1.82) is 0 Å². The summed E-state index contributed by atoms with van der Waals surface area (Å²) in [5.41, 5.74) is 1.28. The van der Waals surface area contributed by atoms with Crippen molar-refractivity contribution in [3.63, 3.8) is 0 Å². The molecule has 160 valence electrons. The molecule has 1 N–H and O–H groups in total. The Balaban J connectivity index is 1.15. The van der Waals surface area contributed by atoms with Gasteiger partial charge in [0.2, 0.25) is 17.6 Å². The van der Waals surface area contributed by atoms with Gasteiger partial charge in [0.05, 0.1) is 11.4 Å². The van der Waals surface area contributed by atoms with Crippen LogP contribution < -0.4 is 5.32 Å². The summed E-state index contributed by atoms with van der Waals surface area (Å²) in [5, 5.41) is 8.95. The molecule has 2 fully saturated rings. The zero-order valence-corrected chi connectivity index (χ0v) is 17.8. The van der Waals surface area contributed by atoms with E-state index in [9.17, 15) is 9.59 Å². The minimum atomic E-state index is -0.0139. The molecular weight excluding hydrogens is 414 g/mol. The first-order chi connectivity index (χ1) is 15.2. The Kier molecular flexibility index (Phi) is 5.52. The predicted octanol–water partition coefficient (Wildman–Crippen LogP) is 3.10. The number of carbonyl (C=O) groups is 2. The number of aromatic nitrogens is 2. The molecule has 0 atom stereocenters. The highest BCUT2D eigenvalue weighted by Gasteiger charge is 2.30. The van der Waals surface area contributed by atoms with Crippen LogP contribution in [0, 0.1) is 5.92 Å². The smallest absolute Gasteiger partial charge is 0.254 e. The second-order valence-corrected chi connectivity index (χ2v) is 8.85. The first-order valence-corrected chi connectivity index (χ1v) is 11.3. The molecule has 31 heavy (non-hydrogen) atoms. The summed E-state index contributed by atoms with van der Waals surface area (Å²) in [6.45, 7) is 3.30. The van der Waals surface area contributed by atoms with Crippen LogP contribution in [0.25, 0.3) is 10.7 Å². The highest BCUT2D eigenvalue weighted by atomic mass is 32.1. The van der Waals surface area contributed by atoms with E-state index < -0.39 is 0 Å². The summed E-state index contributed by atoms with van der Waals surface area (Å²) in [6.07, 6.45) is 1.90. The van der Waals surface area contributed by atoms with Crippen LogP contribution >= 0.6 is 11.3 Å². The number of nitrogens with one attached hydrogen (secondary N) is 1. The lowest BCUT2D eigenvalue weighted by Crippen LogP contribution is -2.48. The number of nitrogens with zero attached hydrogens (tertiary/aromatic N) is 4. The van der Waals surface area contributed by atoms with E-state index in [-0.39, 0.29) is 17.7 Å². The number of thiophene rings is 1. The van der Waals surface area contributed by atoms with Crippen molar-refractivity contribution >= 4 is 28.8 Å². The Morgan fingerprint density at radius 1 is 1.13 bits per heavy atom. The van der Waals surface area contributed by atoms with Crippen LogP contribution in [0.1, 0.15) is 29.1 Å². The first-order valence-electron chi connectivity index (χ1n) is 10.4. The average molecular weight is 438 g/mol. The summed E-state index contributed by atoms with van der Waals surface area (Å²) < 4.78 is 5.39. The molecule has 1 saturated carbocycles. The van der Waals surface area contributed by atoms with E-state index in [4.69, 9.17) is 4.52 Å². The number of amides is 2. The molecule has 2 aliphatic rings. The van der Waals surface area contributed by atoms with Gasteiger partial charge in [-0.05, 0) is 42.5 Å². The summed E-state index contributed by atoms with van der Waals surface area (Å²) >= 11 is 1.58. The van der Waals surface area contributed by atoms with Crippen molar-refractivity contribution in [3.8, 4) is 10.7 Å². The second-order valence-electron chi connectivity index (χ2n) is 7.90. The molecule has 3 aromatic rings. The van der Waals surface area contributed by atoms with Crippen molar-refractivity contribution in [2.75, 3.05) is 31.5 Å². The predicted molar refractivity (Wildman–Crippen MR) is 117 cm³/mol. The molecule has 0 radical (unpaired) electrons. The summed E-state index contributed by atoms with van der Waals surface area (Å²) in [6, 6.07) is 11.1. The SMILES string of the molecule is O=C(Nc1cccc(C(=O)N2CCN(Cc3nc(-c4cccs4)no3)CC2)c1)C1CC1. The van der Waals surface area contributed by atoms with E-state index in [1.54, 1.807) is 23.5 Å². The highest BCUT2D eigenvalue weighted by Crippen LogP contribution is 2.30. The van der Waals surface area contributed by atoms with Gasteiger partial charge in [0, 0.05) is 43.3 Å². The van der Waals surface area contributed by atoms with Crippen molar-refractivity contribution in [2.24, 2.45) is 5.92 Å². The topological polar surface area (TPSA) is 91.6 Å². The minimum Gasteiger partial charge on any atom is -0.338 e. The number of hydrogen-bond donors (Lipinski definition) is 1. The fraction of sp³-hybridized carbons (Fsp3) is 0.364. The number of anilines is 1. The van der Waals surface area contributed by atoms with Crippen LogP contribution in [0.5, 0.6) is 0 Å². The zero-order valence-electron chi connectivity index (χ0n) is 17.0. The van der Waals surface area contributed by atoms with E-state index in [0.717, 1.165) is 30.8 Å². The van der Waals surface area contributed by atoms with Gasteiger partial charge in [0.1, 0.15) is 0 Å². The Hall–Kier alpha value is -3.04. The number of hydrogen-bond acceptors (Lipinski definition) is 7. The molecule has 1 aliphatic carbocycles. The molecule has 2 aromatic heterocycles. The lowest BCUT2D eigenvalue weighted by Gasteiger charge is -2.34. The van der Waals surface area contributed by atoms with Crippen molar-refractivity contribution in [2.45, 2.75) is 19.4 Å². The third kappa shape index (κ3) is 4.67. The van der Waals surface area contributed by atoms with Crippen molar-refractivity contribution < 1.29 is 14.1 Å². The maximum absolute atomic E-state index is 12.9. The normalized spacial score (nSPS) is 17.0. The van der Waals surface area contributed by atoms with Gasteiger partial charge in [-0.1, -0.05) is 17.3 Å². The number of carbonyl (C=O) groups excluding carboxylic acids is 2. The molecule has 1 aliphatic heterocycles. The third-order valence-electron chi connectivity index (χ3n) is 5.55. The average Bonchev–Trinajstić information content (AvgIpc) is 3.30. The van der Waals surface area contributed by atoms with Crippen LogP contribution in [0.3, 0.4) is 0 Å². The van der Waals surface area contributed by atoms with Gasteiger partial charge >= 0.3 is 0 Å². The van der Waals surface area contributed by atoms with Crippen LogP contribution in [-0.4, -0.2) is 57.9 Å². The lowest BCUT2D eigenvalue weighted by atomic mass is 10.1. The van der Waals surface area contributed by atoms with Crippen LogP contribution in [0.4, 0.5) is 5.69 Å². The molecule has 0 spiro atoms. The monoisotopic (exact) mass is 437 g/mol. The Morgan fingerprint density at radius 3 is 2.71 bits per heavy atom. The van der Waals surface area contributed by atoms with Gasteiger partial charge in [0.15, 0.2) is 0 Å². The number of rotatable bonds is 6. The lowest BCUT2D eigenvalue weighted by molar-refractivity contribution is -0.117. The van der Waals surface area contributed by atoms with Crippen molar-refractivity contribution in [1.82, 2.24) is 19.9 Å². The van der Waals surface area contributed by atoms with Gasteiger partial charge in [0.25, 0.3) is 5.91 Å². The Morgan fingerprint density at radius 2 is 1.97 bits per heavy atom. The van der Waals surface area contributed by atoms with Crippen LogP contribution in [-0.2, 0) is 11.3 Å². The second kappa shape index (κ2) is 8.60. The maximum atomic E-state index is 12.9. The Bertz CT molecular complexity index is 1070. The fourth-order valence-corrected chi connectivity index (χ4v) is 4.28.